The fraction of sp³-hybridized carbons (Fsp3) is 0.200. The maximum Gasteiger partial charge on any atom is 0.193 e. The minimum Gasteiger partial charge on any atom is -0.473 e. The fourth-order valence-electron chi connectivity index (χ4n) is 3.99. The van der Waals surface area contributed by atoms with Gasteiger partial charge in [0.2, 0.25) is 0 Å². The summed E-state index contributed by atoms with van der Waals surface area (Å²) in [6.07, 6.45) is 0. The summed E-state index contributed by atoms with van der Waals surface area (Å²) in [5, 5.41) is 0. The molecule has 0 saturated heterocycles. The van der Waals surface area contributed by atoms with Crippen LogP contribution in [0.5, 0.6) is 11.5 Å². The lowest BCUT2D eigenvalue weighted by Crippen LogP contribution is -2.32. The van der Waals surface area contributed by atoms with E-state index >= 15 is 0 Å². The first-order chi connectivity index (χ1) is 14.1. The molecular weight excluding hydrogens is 360 g/mol. The number of nitrogens with zero attached hydrogens (tertiary/aromatic N) is 2. The van der Waals surface area contributed by atoms with Crippen LogP contribution >= 0.6 is 0 Å². The largest absolute Gasteiger partial charge is 0.473 e. The van der Waals surface area contributed by atoms with Gasteiger partial charge in [0.25, 0.3) is 0 Å². The van der Waals surface area contributed by atoms with Crippen molar-refractivity contribution >= 4 is 11.4 Å². The second-order valence-corrected chi connectivity index (χ2v) is 7.79. The Hall–Kier alpha value is -3.40. The van der Waals surface area contributed by atoms with Gasteiger partial charge in [-0.3, -0.25) is 0 Å². The molecule has 0 spiro atoms. The lowest BCUT2D eigenvalue weighted by Gasteiger charge is -2.33. The van der Waals surface area contributed by atoms with E-state index in [9.17, 15) is 0 Å². The van der Waals surface area contributed by atoms with Crippen LogP contribution in [-0.2, 0) is 13.1 Å². The van der Waals surface area contributed by atoms with Gasteiger partial charge in [-0.15, -0.1) is 0 Å². The summed E-state index contributed by atoms with van der Waals surface area (Å²) in [6, 6.07) is 21.1. The molecule has 0 aromatic heterocycles. The van der Waals surface area contributed by atoms with Crippen molar-refractivity contribution in [1.82, 2.24) is 0 Å². The second kappa shape index (κ2) is 6.89. The first-order valence-corrected chi connectivity index (χ1v) is 9.88. The predicted octanol–water partition coefficient (Wildman–Crippen LogP) is 5.53. The van der Waals surface area contributed by atoms with Gasteiger partial charge in [0.05, 0.1) is 6.54 Å². The van der Waals surface area contributed by atoms with Crippen LogP contribution in [0.25, 0.3) is 0 Å². The smallest absolute Gasteiger partial charge is 0.193 e. The average molecular weight is 384 g/mol. The Morgan fingerprint density at radius 3 is 2.10 bits per heavy atom. The molecule has 0 aliphatic carbocycles. The van der Waals surface area contributed by atoms with Crippen molar-refractivity contribution in [3.8, 4) is 11.5 Å². The van der Waals surface area contributed by atoms with E-state index in [1.54, 1.807) is 0 Å². The Morgan fingerprint density at radius 2 is 1.38 bits per heavy atom. The molecule has 0 fully saturated rings. The van der Waals surface area contributed by atoms with E-state index in [0.29, 0.717) is 12.6 Å². The molecule has 2 aliphatic rings. The van der Waals surface area contributed by atoms with Gasteiger partial charge < -0.3 is 19.3 Å². The van der Waals surface area contributed by atoms with Crippen molar-refractivity contribution in [3.05, 3.63) is 95.4 Å². The van der Waals surface area contributed by atoms with E-state index < -0.39 is 0 Å². The van der Waals surface area contributed by atoms with Crippen molar-refractivity contribution in [1.29, 1.82) is 0 Å². The van der Waals surface area contributed by atoms with Crippen molar-refractivity contribution in [2.75, 3.05) is 16.5 Å². The third-order valence-electron chi connectivity index (χ3n) is 5.55. The first kappa shape index (κ1) is 17.7. The summed E-state index contributed by atoms with van der Waals surface area (Å²) in [7, 11) is 0. The quantitative estimate of drug-likeness (QED) is 0.580. The minimum atomic E-state index is 0.557. The van der Waals surface area contributed by atoms with Crippen molar-refractivity contribution < 1.29 is 9.47 Å². The number of hydrogen-bond donors (Lipinski definition) is 0. The van der Waals surface area contributed by atoms with Crippen LogP contribution in [0, 0.1) is 13.8 Å². The van der Waals surface area contributed by atoms with E-state index in [2.05, 4.69) is 84.8 Å². The number of benzene rings is 3. The molecule has 4 nitrogen and oxygen atoms in total. The zero-order valence-corrected chi connectivity index (χ0v) is 16.8. The van der Waals surface area contributed by atoms with Crippen LogP contribution < -0.4 is 19.3 Å². The van der Waals surface area contributed by atoms with Crippen LogP contribution in [0.2, 0.25) is 0 Å². The van der Waals surface area contributed by atoms with Crippen molar-refractivity contribution in [2.45, 2.75) is 26.9 Å². The van der Waals surface area contributed by atoms with Crippen LogP contribution in [0.3, 0.4) is 0 Å². The molecule has 3 aromatic carbocycles. The topological polar surface area (TPSA) is 24.9 Å². The molecule has 3 aromatic rings. The Balaban J connectivity index is 1.36. The van der Waals surface area contributed by atoms with E-state index in [1.807, 2.05) is 6.07 Å². The SMILES string of the molecule is C=C1Oc2ccc(C)cc2CN1c1ccc(N2COc3ccc(C)cc3C2)cc1. The molecule has 0 bridgehead atoms. The Bertz CT molecular complexity index is 1090. The van der Waals surface area contributed by atoms with Crippen molar-refractivity contribution in [2.24, 2.45) is 0 Å². The highest BCUT2D eigenvalue weighted by atomic mass is 16.5. The number of ether oxygens (including phenoxy) is 2. The van der Waals surface area contributed by atoms with E-state index in [0.717, 1.165) is 36.0 Å². The molecule has 5 rings (SSSR count). The second-order valence-electron chi connectivity index (χ2n) is 7.79. The molecule has 0 N–H and O–H groups in total. The van der Waals surface area contributed by atoms with Crippen LogP contribution in [0.1, 0.15) is 22.3 Å². The van der Waals surface area contributed by atoms with Crippen LogP contribution in [0.15, 0.2) is 73.1 Å². The molecule has 0 amide bonds. The lowest BCUT2D eigenvalue weighted by atomic mass is 10.1. The average Bonchev–Trinajstić information content (AvgIpc) is 2.73. The predicted molar refractivity (Wildman–Crippen MR) is 116 cm³/mol. The third-order valence-corrected chi connectivity index (χ3v) is 5.55. The van der Waals surface area contributed by atoms with Gasteiger partial charge in [0.15, 0.2) is 12.6 Å². The van der Waals surface area contributed by atoms with Gasteiger partial charge in [-0.2, -0.15) is 0 Å². The van der Waals surface area contributed by atoms with Gasteiger partial charge in [0, 0.05) is 29.0 Å². The molecule has 2 aliphatic heterocycles. The van der Waals surface area contributed by atoms with Gasteiger partial charge in [-0.25, -0.2) is 0 Å². The molecule has 0 unspecified atom stereocenters. The molecule has 29 heavy (non-hydrogen) atoms. The molecule has 0 radical (unpaired) electrons. The first-order valence-electron chi connectivity index (χ1n) is 9.88. The summed E-state index contributed by atoms with van der Waals surface area (Å²) in [5.74, 6) is 2.53. The number of rotatable bonds is 2. The molecular formula is C25H24N2O2. The maximum absolute atomic E-state index is 5.95. The van der Waals surface area contributed by atoms with Crippen molar-refractivity contribution in [3.63, 3.8) is 0 Å². The standard InChI is InChI=1S/C25H24N2O2/c1-17-4-10-24-20(12-17)14-26(16-28-24)22-6-8-23(9-7-22)27-15-21-13-18(2)5-11-25(21)29-19(27)3/h4-13H,3,14-16H2,1-2H3. The fourth-order valence-corrected chi connectivity index (χ4v) is 3.99. The highest BCUT2D eigenvalue weighted by Gasteiger charge is 2.23. The Morgan fingerprint density at radius 1 is 0.759 bits per heavy atom. The highest BCUT2D eigenvalue weighted by molar-refractivity contribution is 5.61. The molecule has 0 saturated carbocycles. The van der Waals surface area contributed by atoms with Gasteiger partial charge in [-0.1, -0.05) is 35.4 Å². The summed E-state index contributed by atoms with van der Waals surface area (Å²) >= 11 is 0. The molecule has 146 valence electrons. The lowest BCUT2D eigenvalue weighted by molar-refractivity contribution is 0.289. The minimum absolute atomic E-state index is 0.557. The van der Waals surface area contributed by atoms with E-state index in [-0.39, 0.29) is 0 Å². The van der Waals surface area contributed by atoms with Crippen LogP contribution in [0.4, 0.5) is 11.4 Å². The number of anilines is 2. The monoisotopic (exact) mass is 384 g/mol. The highest BCUT2D eigenvalue weighted by Crippen LogP contribution is 2.35. The Kier molecular flexibility index (Phi) is 4.20. The third kappa shape index (κ3) is 3.31. The van der Waals surface area contributed by atoms with E-state index in [4.69, 9.17) is 9.47 Å². The Labute approximate surface area is 171 Å². The molecule has 4 heteroatoms. The number of hydrogen-bond acceptors (Lipinski definition) is 4. The summed E-state index contributed by atoms with van der Waals surface area (Å²) < 4.78 is 11.9. The summed E-state index contributed by atoms with van der Waals surface area (Å²) in [6.45, 7) is 10.5. The number of fused-ring (bicyclic) bond motifs is 2. The normalized spacial score (nSPS) is 15.3. The molecule has 2 heterocycles. The number of aryl methyl sites for hydroxylation is 2. The zero-order valence-electron chi connectivity index (χ0n) is 16.8. The summed E-state index contributed by atoms with van der Waals surface area (Å²) in [4.78, 5) is 4.35. The maximum atomic E-state index is 5.95. The van der Waals surface area contributed by atoms with Gasteiger partial charge >= 0.3 is 0 Å². The summed E-state index contributed by atoms with van der Waals surface area (Å²) in [5.41, 5.74) is 7.10. The molecule has 0 atom stereocenters. The van der Waals surface area contributed by atoms with Crippen LogP contribution in [-0.4, -0.2) is 6.73 Å². The zero-order chi connectivity index (χ0) is 20.0. The van der Waals surface area contributed by atoms with Gasteiger partial charge in [-0.05, 0) is 56.8 Å². The van der Waals surface area contributed by atoms with Gasteiger partial charge in [0.1, 0.15) is 11.5 Å². The van der Waals surface area contributed by atoms with E-state index in [1.165, 1.54) is 22.3 Å².